The Balaban J connectivity index is 1.56. The van der Waals surface area contributed by atoms with Crippen LogP contribution in [0.3, 0.4) is 0 Å². The van der Waals surface area contributed by atoms with E-state index in [-0.39, 0.29) is 0 Å². The molecule has 2 saturated heterocycles. The number of likely N-dealkylation sites (tertiary alicyclic amines) is 2. The molecule has 5 heteroatoms. The van der Waals surface area contributed by atoms with Crippen LogP contribution in [0.2, 0.25) is 0 Å². The molecule has 0 radical (unpaired) electrons. The summed E-state index contributed by atoms with van der Waals surface area (Å²) in [7, 11) is 0. The van der Waals surface area contributed by atoms with Gasteiger partial charge in [-0.1, -0.05) is 0 Å². The first-order chi connectivity index (χ1) is 9.63. The average molecular weight is 342 g/mol. The summed E-state index contributed by atoms with van der Waals surface area (Å²) in [6, 6.07) is 5.53. The van der Waals surface area contributed by atoms with Gasteiger partial charge in [-0.2, -0.15) is 0 Å². The Kier molecular flexibility index (Phi) is 4.50. The third kappa shape index (κ3) is 3.11. The molecule has 2 unspecified atom stereocenters. The lowest BCUT2D eigenvalue weighted by Crippen LogP contribution is -2.46. The highest BCUT2D eigenvalue weighted by molar-refractivity contribution is 9.10. The third-order valence-electron chi connectivity index (χ3n) is 4.84. The van der Waals surface area contributed by atoms with E-state index in [9.17, 15) is 0 Å². The predicted molar refractivity (Wildman–Crippen MR) is 83.6 cm³/mol. The maximum atomic E-state index is 6.00. The van der Waals surface area contributed by atoms with Crippen LogP contribution in [0.1, 0.15) is 38.0 Å². The van der Waals surface area contributed by atoms with Crippen LogP contribution < -0.4 is 5.73 Å². The van der Waals surface area contributed by atoms with Crippen molar-refractivity contribution in [3.63, 3.8) is 0 Å². The van der Waals surface area contributed by atoms with E-state index in [0.717, 1.165) is 36.4 Å². The number of nitrogens with two attached hydrogens (primary N) is 1. The van der Waals surface area contributed by atoms with E-state index in [2.05, 4.69) is 38.7 Å². The normalized spacial score (nSPS) is 28.1. The van der Waals surface area contributed by atoms with Crippen molar-refractivity contribution >= 4 is 15.9 Å². The molecule has 4 nitrogen and oxygen atoms in total. The highest BCUT2D eigenvalue weighted by atomic mass is 79.9. The maximum absolute atomic E-state index is 6.00. The van der Waals surface area contributed by atoms with Gasteiger partial charge in [0.2, 0.25) is 0 Å². The van der Waals surface area contributed by atoms with Crippen molar-refractivity contribution in [2.45, 2.75) is 44.3 Å². The summed E-state index contributed by atoms with van der Waals surface area (Å²) in [4.78, 5) is 5.17. The molecule has 0 amide bonds. The van der Waals surface area contributed by atoms with Crippen LogP contribution >= 0.6 is 15.9 Å². The van der Waals surface area contributed by atoms with E-state index >= 15 is 0 Å². The van der Waals surface area contributed by atoms with Gasteiger partial charge in [-0.3, -0.25) is 9.80 Å². The van der Waals surface area contributed by atoms with Gasteiger partial charge in [0.1, 0.15) is 5.76 Å². The third-order valence-corrected chi connectivity index (χ3v) is 5.27. The SMILES string of the molecule is CC(c1ccc(Br)o1)N1CCC(N2CCC(N)CC2)C1. The van der Waals surface area contributed by atoms with Crippen molar-refractivity contribution in [3.05, 3.63) is 22.6 Å². The number of nitrogens with zero attached hydrogens (tertiary/aromatic N) is 2. The zero-order valence-electron chi connectivity index (χ0n) is 12.1. The largest absolute Gasteiger partial charge is 0.453 e. The first-order valence-corrected chi connectivity index (χ1v) is 8.41. The average Bonchev–Trinajstić information content (AvgIpc) is 3.08. The smallest absolute Gasteiger partial charge is 0.169 e. The lowest BCUT2D eigenvalue weighted by Gasteiger charge is -2.35. The van der Waals surface area contributed by atoms with Gasteiger partial charge in [0, 0.05) is 25.2 Å². The second-order valence-electron chi connectivity index (χ2n) is 6.13. The molecule has 0 aromatic carbocycles. The molecule has 2 fully saturated rings. The summed E-state index contributed by atoms with van der Waals surface area (Å²) in [5, 5.41) is 0. The molecule has 3 rings (SSSR count). The molecule has 2 aliphatic heterocycles. The monoisotopic (exact) mass is 341 g/mol. The fourth-order valence-electron chi connectivity index (χ4n) is 3.44. The summed E-state index contributed by atoms with van der Waals surface area (Å²) in [6.45, 7) is 6.88. The van der Waals surface area contributed by atoms with E-state index in [1.807, 2.05) is 6.07 Å². The van der Waals surface area contributed by atoms with Gasteiger partial charge in [0.05, 0.1) is 6.04 Å². The van der Waals surface area contributed by atoms with Crippen molar-refractivity contribution in [1.82, 2.24) is 9.80 Å². The van der Waals surface area contributed by atoms with Crippen LogP contribution in [-0.4, -0.2) is 48.1 Å². The van der Waals surface area contributed by atoms with Crippen molar-refractivity contribution in [2.75, 3.05) is 26.2 Å². The molecule has 0 bridgehead atoms. The molecular weight excluding hydrogens is 318 g/mol. The number of hydrogen-bond donors (Lipinski definition) is 1. The maximum Gasteiger partial charge on any atom is 0.169 e. The van der Waals surface area contributed by atoms with Crippen LogP contribution in [0, 0.1) is 0 Å². The van der Waals surface area contributed by atoms with E-state index in [4.69, 9.17) is 10.2 Å². The van der Waals surface area contributed by atoms with Gasteiger partial charge < -0.3 is 10.2 Å². The van der Waals surface area contributed by atoms with Crippen LogP contribution in [0.25, 0.3) is 0 Å². The van der Waals surface area contributed by atoms with E-state index in [0.29, 0.717) is 18.1 Å². The Labute approximate surface area is 129 Å². The molecule has 2 N–H and O–H groups in total. The molecule has 112 valence electrons. The number of piperidine rings is 1. The lowest BCUT2D eigenvalue weighted by molar-refractivity contribution is 0.142. The van der Waals surface area contributed by atoms with Crippen LogP contribution in [0.15, 0.2) is 21.2 Å². The zero-order chi connectivity index (χ0) is 14.1. The zero-order valence-corrected chi connectivity index (χ0v) is 13.7. The summed E-state index contributed by atoms with van der Waals surface area (Å²) < 4.78 is 6.52. The quantitative estimate of drug-likeness (QED) is 0.917. The fourth-order valence-corrected chi connectivity index (χ4v) is 3.75. The van der Waals surface area contributed by atoms with Gasteiger partial charge in [-0.25, -0.2) is 0 Å². The fraction of sp³-hybridized carbons (Fsp3) is 0.733. The first-order valence-electron chi connectivity index (χ1n) is 7.62. The van der Waals surface area contributed by atoms with Crippen molar-refractivity contribution in [1.29, 1.82) is 0 Å². The van der Waals surface area contributed by atoms with E-state index < -0.39 is 0 Å². The van der Waals surface area contributed by atoms with Crippen molar-refractivity contribution in [3.8, 4) is 0 Å². The number of halogens is 1. The topological polar surface area (TPSA) is 45.6 Å². The molecule has 0 saturated carbocycles. The standard InChI is InChI=1S/C15H24BrN3O/c1-11(14-2-3-15(16)20-14)19-9-6-13(10-19)18-7-4-12(17)5-8-18/h2-3,11-13H,4-10,17H2,1H3. The predicted octanol–water partition coefficient (Wildman–Crippen LogP) is 2.60. The molecule has 3 heterocycles. The van der Waals surface area contributed by atoms with Crippen molar-refractivity contribution < 1.29 is 4.42 Å². The van der Waals surface area contributed by atoms with Crippen LogP contribution in [0.5, 0.6) is 0 Å². The van der Waals surface area contributed by atoms with E-state index in [1.54, 1.807) is 0 Å². The molecule has 2 aliphatic rings. The highest BCUT2D eigenvalue weighted by Gasteiger charge is 2.32. The Hall–Kier alpha value is -0.360. The summed E-state index contributed by atoms with van der Waals surface area (Å²) in [6.07, 6.45) is 3.57. The Morgan fingerprint density at radius 3 is 2.65 bits per heavy atom. The minimum absolute atomic E-state index is 0.360. The second kappa shape index (κ2) is 6.18. The molecule has 20 heavy (non-hydrogen) atoms. The van der Waals surface area contributed by atoms with Gasteiger partial charge in [0.25, 0.3) is 0 Å². The highest BCUT2D eigenvalue weighted by Crippen LogP contribution is 2.29. The van der Waals surface area contributed by atoms with Gasteiger partial charge in [0.15, 0.2) is 4.67 Å². The van der Waals surface area contributed by atoms with Crippen LogP contribution in [-0.2, 0) is 0 Å². The summed E-state index contributed by atoms with van der Waals surface area (Å²) in [5.74, 6) is 1.05. The second-order valence-corrected chi connectivity index (χ2v) is 6.91. The lowest BCUT2D eigenvalue weighted by atomic mass is 10.0. The molecular formula is C15H24BrN3O. The van der Waals surface area contributed by atoms with Gasteiger partial charge in [-0.15, -0.1) is 0 Å². The van der Waals surface area contributed by atoms with Crippen LogP contribution in [0.4, 0.5) is 0 Å². The molecule has 1 aromatic rings. The van der Waals surface area contributed by atoms with Gasteiger partial charge >= 0.3 is 0 Å². The number of furan rings is 1. The Morgan fingerprint density at radius 1 is 1.25 bits per heavy atom. The molecule has 1 aromatic heterocycles. The Bertz CT molecular complexity index is 442. The van der Waals surface area contributed by atoms with Gasteiger partial charge in [-0.05, 0) is 67.3 Å². The summed E-state index contributed by atoms with van der Waals surface area (Å²) >= 11 is 3.38. The number of rotatable bonds is 3. The minimum Gasteiger partial charge on any atom is -0.453 e. The molecule has 0 spiro atoms. The number of hydrogen-bond acceptors (Lipinski definition) is 4. The van der Waals surface area contributed by atoms with Crippen molar-refractivity contribution in [2.24, 2.45) is 5.73 Å². The molecule has 0 aliphatic carbocycles. The Morgan fingerprint density at radius 2 is 2.00 bits per heavy atom. The first kappa shape index (κ1) is 14.6. The van der Waals surface area contributed by atoms with E-state index in [1.165, 1.54) is 19.5 Å². The minimum atomic E-state index is 0.360. The summed E-state index contributed by atoms with van der Waals surface area (Å²) in [5.41, 5.74) is 6.00. The molecule has 2 atom stereocenters.